The molecule has 1 N–H and O–H groups in total. The maximum absolute atomic E-state index is 12.4. The molecule has 2 heterocycles. The predicted molar refractivity (Wildman–Crippen MR) is 87.1 cm³/mol. The summed E-state index contributed by atoms with van der Waals surface area (Å²) in [6.45, 7) is 3.54. The molecule has 2 aliphatic rings. The van der Waals surface area contributed by atoms with Gasteiger partial charge in [-0.2, -0.15) is 0 Å². The topological polar surface area (TPSA) is 80.0 Å². The molecule has 24 heavy (non-hydrogen) atoms. The molecule has 1 aliphatic carbocycles. The maximum atomic E-state index is 12.4. The van der Waals surface area contributed by atoms with Gasteiger partial charge in [-0.25, -0.2) is 4.79 Å². The normalized spacial score (nSPS) is 25.6. The van der Waals surface area contributed by atoms with Crippen LogP contribution in [0.15, 0.2) is 16.5 Å². The van der Waals surface area contributed by atoms with E-state index in [2.05, 4.69) is 6.92 Å². The maximum Gasteiger partial charge on any atom is 0.371 e. The van der Waals surface area contributed by atoms with Crippen molar-refractivity contribution in [3.05, 3.63) is 23.7 Å². The average molecular weight is 335 g/mol. The van der Waals surface area contributed by atoms with Gasteiger partial charge in [-0.05, 0) is 56.6 Å². The molecule has 0 bridgehead atoms. The molecule has 0 radical (unpaired) electrons. The summed E-state index contributed by atoms with van der Waals surface area (Å²) in [5.41, 5.74) is 0. The molecule has 0 atom stereocenters. The molecule has 1 aromatic rings. The van der Waals surface area contributed by atoms with Gasteiger partial charge < -0.3 is 19.2 Å². The Kier molecular flexibility index (Phi) is 5.23. The van der Waals surface area contributed by atoms with Gasteiger partial charge in [0.05, 0.1) is 12.2 Å². The van der Waals surface area contributed by atoms with Gasteiger partial charge in [0.1, 0.15) is 0 Å². The number of rotatable bonds is 4. The first kappa shape index (κ1) is 17.0. The van der Waals surface area contributed by atoms with E-state index in [1.54, 1.807) is 4.90 Å². The number of likely N-dealkylation sites (tertiary alicyclic amines) is 1. The van der Waals surface area contributed by atoms with Crippen molar-refractivity contribution in [2.75, 3.05) is 13.1 Å². The van der Waals surface area contributed by atoms with Gasteiger partial charge in [0, 0.05) is 13.1 Å². The minimum Gasteiger partial charge on any atom is -0.475 e. The molecule has 1 aromatic heterocycles. The number of hydrogen-bond acceptors (Lipinski definition) is 4. The fourth-order valence-corrected chi connectivity index (χ4v) is 3.56. The molecule has 0 aromatic carbocycles. The Hall–Kier alpha value is -1.82. The number of carboxylic acids is 1. The highest BCUT2D eigenvalue weighted by atomic mass is 16.5. The Morgan fingerprint density at radius 2 is 1.62 bits per heavy atom. The number of carbonyl (C=O) groups excluding carboxylic acids is 1. The largest absolute Gasteiger partial charge is 0.475 e. The number of aromatic carboxylic acids is 1. The lowest BCUT2D eigenvalue weighted by Crippen LogP contribution is -2.42. The molecular formula is C18H25NO5. The van der Waals surface area contributed by atoms with Crippen LogP contribution in [0.2, 0.25) is 0 Å². The van der Waals surface area contributed by atoms with E-state index in [-0.39, 0.29) is 23.5 Å². The third kappa shape index (κ3) is 3.98. The monoisotopic (exact) mass is 335 g/mol. The number of hydrogen-bond donors (Lipinski definition) is 1. The number of carboxylic acid groups (broad SMARTS) is 1. The van der Waals surface area contributed by atoms with Gasteiger partial charge in [0.15, 0.2) is 5.76 Å². The number of piperidine rings is 1. The predicted octanol–water partition coefficient (Wildman–Crippen LogP) is 3.18. The summed E-state index contributed by atoms with van der Waals surface area (Å²) in [6.07, 6.45) is 7.01. The Morgan fingerprint density at radius 3 is 2.21 bits per heavy atom. The average Bonchev–Trinajstić information content (AvgIpc) is 3.07. The Labute approximate surface area is 141 Å². The van der Waals surface area contributed by atoms with E-state index >= 15 is 0 Å². The van der Waals surface area contributed by atoms with Crippen molar-refractivity contribution < 1.29 is 23.8 Å². The van der Waals surface area contributed by atoms with Crippen LogP contribution < -0.4 is 0 Å². The highest BCUT2D eigenvalue weighted by molar-refractivity contribution is 5.93. The van der Waals surface area contributed by atoms with Crippen molar-refractivity contribution in [1.29, 1.82) is 0 Å². The molecule has 1 aliphatic heterocycles. The zero-order valence-electron chi connectivity index (χ0n) is 14.1. The number of ether oxygens (including phenoxy) is 1. The highest BCUT2D eigenvalue weighted by Crippen LogP contribution is 2.28. The summed E-state index contributed by atoms with van der Waals surface area (Å²) in [7, 11) is 0. The third-order valence-electron chi connectivity index (χ3n) is 5.10. The first-order valence-corrected chi connectivity index (χ1v) is 8.81. The molecule has 3 rings (SSSR count). The van der Waals surface area contributed by atoms with Crippen LogP contribution in [-0.4, -0.2) is 47.2 Å². The zero-order chi connectivity index (χ0) is 17.1. The van der Waals surface area contributed by atoms with Crippen LogP contribution in [0.5, 0.6) is 0 Å². The molecule has 1 saturated heterocycles. The fourth-order valence-electron chi connectivity index (χ4n) is 3.56. The molecule has 2 fully saturated rings. The SMILES string of the molecule is CC1CCC(OC2CCN(C(=O)c3ccc(C(=O)O)o3)CC2)CC1. The molecular weight excluding hydrogens is 310 g/mol. The van der Waals surface area contributed by atoms with Crippen LogP contribution in [-0.2, 0) is 4.74 Å². The second-order valence-corrected chi connectivity index (χ2v) is 6.98. The van der Waals surface area contributed by atoms with Crippen LogP contribution in [0.1, 0.15) is 66.6 Å². The summed E-state index contributed by atoms with van der Waals surface area (Å²) in [6, 6.07) is 2.74. The summed E-state index contributed by atoms with van der Waals surface area (Å²) < 4.78 is 11.3. The molecule has 6 heteroatoms. The van der Waals surface area contributed by atoms with E-state index in [9.17, 15) is 9.59 Å². The van der Waals surface area contributed by atoms with Crippen molar-refractivity contribution in [3.8, 4) is 0 Å². The van der Waals surface area contributed by atoms with E-state index in [1.807, 2.05) is 0 Å². The Bertz CT molecular complexity index is 580. The van der Waals surface area contributed by atoms with Crippen LogP contribution in [0, 0.1) is 5.92 Å². The van der Waals surface area contributed by atoms with Crippen molar-refractivity contribution in [2.45, 2.75) is 57.7 Å². The number of furan rings is 1. The van der Waals surface area contributed by atoms with Crippen LogP contribution in [0.25, 0.3) is 0 Å². The number of carbonyl (C=O) groups is 2. The minimum atomic E-state index is -1.16. The van der Waals surface area contributed by atoms with Gasteiger partial charge in [-0.15, -0.1) is 0 Å². The summed E-state index contributed by atoms with van der Waals surface area (Å²) in [5, 5.41) is 8.86. The lowest BCUT2D eigenvalue weighted by molar-refractivity contribution is -0.0572. The summed E-state index contributed by atoms with van der Waals surface area (Å²) in [5.74, 6) is -0.708. The van der Waals surface area contributed by atoms with E-state index in [4.69, 9.17) is 14.3 Å². The van der Waals surface area contributed by atoms with Crippen LogP contribution in [0.4, 0.5) is 0 Å². The van der Waals surface area contributed by atoms with Crippen molar-refractivity contribution in [2.24, 2.45) is 5.92 Å². The lowest BCUT2D eigenvalue weighted by atomic mass is 9.88. The molecule has 6 nitrogen and oxygen atoms in total. The van der Waals surface area contributed by atoms with Crippen molar-refractivity contribution >= 4 is 11.9 Å². The number of amides is 1. The second-order valence-electron chi connectivity index (χ2n) is 6.98. The third-order valence-corrected chi connectivity index (χ3v) is 5.10. The Morgan fingerprint density at radius 1 is 1.04 bits per heavy atom. The summed E-state index contributed by atoms with van der Waals surface area (Å²) >= 11 is 0. The first-order chi connectivity index (χ1) is 11.5. The smallest absolute Gasteiger partial charge is 0.371 e. The Balaban J connectivity index is 1.47. The zero-order valence-corrected chi connectivity index (χ0v) is 14.1. The van der Waals surface area contributed by atoms with Crippen LogP contribution >= 0.6 is 0 Å². The van der Waals surface area contributed by atoms with E-state index < -0.39 is 5.97 Å². The first-order valence-electron chi connectivity index (χ1n) is 8.81. The lowest BCUT2D eigenvalue weighted by Gasteiger charge is -2.35. The number of nitrogens with zero attached hydrogens (tertiary/aromatic N) is 1. The van der Waals surface area contributed by atoms with Gasteiger partial charge in [0.25, 0.3) is 5.91 Å². The second kappa shape index (κ2) is 7.38. The van der Waals surface area contributed by atoms with Gasteiger partial charge in [0.2, 0.25) is 5.76 Å². The standard InChI is InChI=1S/C18H25NO5/c1-12-2-4-13(5-3-12)23-14-8-10-19(11-9-14)17(20)15-6-7-16(24-15)18(21)22/h6-7,12-14H,2-5,8-11H2,1H3,(H,21,22). The molecule has 132 valence electrons. The minimum absolute atomic E-state index is 0.0908. The van der Waals surface area contributed by atoms with E-state index in [0.717, 1.165) is 31.6 Å². The molecule has 1 saturated carbocycles. The highest BCUT2D eigenvalue weighted by Gasteiger charge is 2.29. The fraction of sp³-hybridized carbons (Fsp3) is 0.667. The van der Waals surface area contributed by atoms with Crippen molar-refractivity contribution in [3.63, 3.8) is 0 Å². The van der Waals surface area contributed by atoms with Gasteiger partial charge in [-0.3, -0.25) is 4.79 Å². The van der Waals surface area contributed by atoms with Crippen LogP contribution in [0.3, 0.4) is 0 Å². The molecule has 1 amide bonds. The van der Waals surface area contributed by atoms with Gasteiger partial charge >= 0.3 is 5.97 Å². The quantitative estimate of drug-likeness (QED) is 0.914. The summed E-state index contributed by atoms with van der Waals surface area (Å²) in [4.78, 5) is 24.9. The molecule has 0 spiro atoms. The van der Waals surface area contributed by atoms with Gasteiger partial charge in [-0.1, -0.05) is 6.92 Å². The molecule has 0 unspecified atom stereocenters. The van der Waals surface area contributed by atoms with E-state index in [0.29, 0.717) is 19.2 Å². The van der Waals surface area contributed by atoms with Crippen molar-refractivity contribution in [1.82, 2.24) is 4.90 Å². The van der Waals surface area contributed by atoms with E-state index in [1.165, 1.54) is 25.0 Å².